The zero-order valence-corrected chi connectivity index (χ0v) is 14.9. The van der Waals surface area contributed by atoms with E-state index in [1.807, 2.05) is 24.3 Å². The van der Waals surface area contributed by atoms with Crippen LogP contribution in [-0.2, 0) is 17.9 Å². The number of hydrogen-bond acceptors (Lipinski definition) is 5. The maximum atomic E-state index is 13.3. The van der Waals surface area contributed by atoms with Crippen LogP contribution >= 0.6 is 0 Å². The monoisotopic (exact) mass is 386 g/mol. The van der Waals surface area contributed by atoms with E-state index in [0.717, 1.165) is 23.4 Å². The van der Waals surface area contributed by atoms with Crippen LogP contribution in [0.3, 0.4) is 0 Å². The van der Waals surface area contributed by atoms with Gasteiger partial charge in [0.2, 0.25) is 0 Å². The molecule has 4 rings (SSSR count). The van der Waals surface area contributed by atoms with Crippen molar-refractivity contribution in [1.29, 1.82) is 0 Å². The number of anilines is 1. The molecular weight excluding hydrogens is 370 g/mol. The SMILES string of the molecule is COc1ccc(C2Cn3nnc(C(=O)Nc4ccc(F)c(F)c4)c3CO2)cc1. The van der Waals surface area contributed by atoms with Gasteiger partial charge in [-0.2, -0.15) is 0 Å². The summed E-state index contributed by atoms with van der Waals surface area (Å²) in [5.41, 5.74) is 1.68. The van der Waals surface area contributed by atoms with E-state index in [0.29, 0.717) is 12.2 Å². The molecule has 2 aromatic carbocycles. The van der Waals surface area contributed by atoms with Crippen molar-refractivity contribution >= 4 is 11.6 Å². The zero-order chi connectivity index (χ0) is 19.7. The topological polar surface area (TPSA) is 78.3 Å². The molecule has 3 aromatic rings. The number of hydrogen-bond donors (Lipinski definition) is 1. The third kappa shape index (κ3) is 3.44. The molecule has 0 saturated heterocycles. The van der Waals surface area contributed by atoms with Gasteiger partial charge in [0.25, 0.3) is 5.91 Å². The van der Waals surface area contributed by atoms with Gasteiger partial charge in [0.05, 0.1) is 26.0 Å². The lowest BCUT2D eigenvalue weighted by atomic mass is 10.1. The number of aromatic nitrogens is 3. The maximum Gasteiger partial charge on any atom is 0.278 e. The molecule has 2 heterocycles. The van der Waals surface area contributed by atoms with Crippen molar-refractivity contribution in [2.45, 2.75) is 19.3 Å². The van der Waals surface area contributed by atoms with Gasteiger partial charge in [-0.15, -0.1) is 5.10 Å². The summed E-state index contributed by atoms with van der Waals surface area (Å²) >= 11 is 0. The van der Waals surface area contributed by atoms with Crippen LogP contribution < -0.4 is 10.1 Å². The van der Waals surface area contributed by atoms with E-state index in [4.69, 9.17) is 9.47 Å². The zero-order valence-electron chi connectivity index (χ0n) is 14.9. The minimum Gasteiger partial charge on any atom is -0.497 e. The predicted molar refractivity (Wildman–Crippen MR) is 94.9 cm³/mol. The smallest absolute Gasteiger partial charge is 0.278 e. The van der Waals surface area contributed by atoms with Gasteiger partial charge in [0.15, 0.2) is 17.3 Å². The molecule has 0 fully saturated rings. The standard InChI is InChI=1S/C19H16F2N4O3/c1-27-13-5-2-11(3-6-13)17-9-25-16(10-28-17)18(23-24-25)19(26)22-12-4-7-14(20)15(21)8-12/h2-8,17H,9-10H2,1H3,(H,22,26). The van der Waals surface area contributed by atoms with E-state index in [1.165, 1.54) is 6.07 Å². The number of methoxy groups -OCH3 is 1. The Morgan fingerprint density at radius 2 is 2.00 bits per heavy atom. The second-order valence-corrected chi connectivity index (χ2v) is 6.22. The molecule has 1 amide bonds. The Morgan fingerprint density at radius 3 is 2.71 bits per heavy atom. The van der Waals surface area contributed by atoms with Crippen molar-refractivity contribution in [3.8, 4) is 5.75 Å². The van der Waals surface area contributed by atoms with Crippen molar-refractivity contribution in [1.82, 2.24) is 15.0 Å². The highest BCUT2D eigenvalue weighted by Gasteiger charge is 2.28. The predicted octanol–water partition coefficient (Wildman–Crippen LogP) is 3.09. The number of fused-ring (bicyclic) bond motifs is 1. The molecule has 1 aliphatic rings. The highest BCUT2D eigenvalue weighted by Crippen LogP contribution is 2.28. The number of halogens is 2. The van der Waals surface area contributed by atoms with E-state index in [2.05, 4.69) is 15.6 Å². The van der Waals surface area contributed by atoms with E-state index in [9.17, 15) is 13.6 Å². The number of rotatable bonds is 4. The fourth-order valence-electron chi connectivity index (χ4n) is 2.97. The third-order valence-corrected chi connectivity index (χ3v) is 4.48. The average molecular weight is 386 g/mol. The number of nitrogens with zero attached hydrogens (tertiary/aromatic N) is 3. The molecule has 1 atom stereocenters. The summed E-state index contributed by atoms with van der Waals surface area (Å²) in [4.78, 5) is 12.5. The van der Waals surface area contributed by atoms with Gasteiger partial charge in [-0.3, -0.25) is 4.79 Å². The number of carbonyl (C=O) groups excluding carboxylic acids is 1. The number of carbonyl (C=O) groups is 1. The first kappa shape index (κ1) is 18.1. The van der Waals surface area contributed by atoms with Gasteiger partial charge < -0.3 is 14.8 Å². The number of nitrogens with one attached hydrogen (secondary N) is 1. The quantitative estimate of drug-likeness (QED) is 0.746. The first-order valence-corrected chi connectivity index (χ1v) is 8.49. The molecule has 144 valence electrons. The van der Waals surface area contributed by atoms with Gasteiger partial charge in [-0.1, -0.05) is 17.3 Å². The number of benzene rings is 2. The minimum atomic E-state index is -1.05. The minimum absolute atomic E-state index is 0.0814. The van der Waals surface area contributed by atoms with Crippen LogP contribution in [0, 0.1) is 11.6 Å². The van der Waals surface area contributed by atoms with Crippen LogP contribution in [0.4, 0.5) is 14.5 Å². The van der Waals surface area contributed by atoms with Crippen molar-refractivity contribution < 1.29 is 23.0 Å². The second kappa shape index (κ2) is 7.35. The van der Waals surface area contributed by atoms with Crippen molar-refractivity contribution in [2.75, 3.05) is 12.4 Å². The van der Waals surface area contributed by atoms with E-state index < -0.39 is 17.5 Å². The normalized spacial score (nSPS) is 15.8. The van der Waals surface area contributed by atoms with Crippen molar-refractivity contribution in [2.24, 2.45) is 0 Å². The molecule has 1 unspecified atom stereocenters. The lowest BCUT2D eigenvalue weighted by molar-refractivity contribution is -0.00173. The first-order valence-electron chi connectivity index (χ1n) is 8.49. The molecule has 1 N–H and O–H groups in total. The fraction of sp³-hybridized carbons (Fsp3) is 0.211. The Hall–Kier alpha value is -3.33. The van der Waals surface area contributed by atoms with E-state index in [1.54, 1.807) is 11.8 Å². The molecule has 0 bridgehead atoms. The van der Waals surface area contributed by atoms with Crippen LogP contribution in [0.15, 0.2) is 42.5 Å². The largest absolute Gasteiger partial charge is 0.497 e. The summed E-state index contributed by atoms with van der Waals surface area (Å²) < 4.78 is 39.0. The average Bonchev–Trinajstić information content (AvgIpc) is 3.14. The Kier molecular flexibility index (Phi) is 4.74. The Morgan fingerprint density at radius 1 is 1.21 bits per heavy atom. The first-order chi connectivity index (χ1) is 13.5. The van der Waals surface area contributed by atoms with Gasteiger partial charge in [-0.05, 0) is 29.8 Å². The molecule has 9 heteroatoms. The number of amides is 1. The van der Waals surface area contributed by atoms with Gasteiger partial charge in [0.1, 0.15) is 11.9 Å². The Bertz CT molecular complexity index is 1020. The molecule has 0 aliphatic carbocycles. The molecule has 0 spiro atoms. The summed E-state index contributed by atoms with van der Waals surface area (Å²) in [6, 6.07) is 10.6. The molecular formula is C19H16F2N4O3. The maximum absolute atomic E-state index is 13.3. The molecule has 0 saturated carbocycles. The van der Waals surface area contributed by atoms with Gasteiger partial charge in [-0.25, -0.2) is 13.5 Å². The summed E-state index contributed by atoms with van der Waals surface area (Å²) in [7, 11) is 1.60. The summed E-state index contributed by atoms with van der Waals surface area (Å²) in [5, 5.41) is 10.4. The van der Waals surface area contributed by atoms with Crippen LogP contribution in [0.5, 0.6) is 5.75 Å². The van der Waals surface area contributed by atoms with Crippen LogP contribution in [0.1, 0.15) is 27.8 Å². The number of ether oxygens (including phenoxy) is 2. The van der Waals surface area contributed by atoms with Crippen LogP contribution in [-0.4, -0.2) is 28.0 Å². The van der Waals surface area contributed by atoms with Crippen molar-refractivity contribution in [3.63, 3.8) is 0 Å². The molecule has 1 aromatic heterocycles. The third-order valence-electron chi connectivity index (χ3n) is 4.48. The van der Waals surface area contributed by atoms with Gasteiger partial charge >= 0.3 is 0 Å². The molecule has 1 aliphatic heterocycles. The second-order valence-electron chi connectivity index (χ2n) is 6.22. The lowest BCUT2D eigenvalue weighted by Gasteiger charge is -2.24. The Labute approximate surface area is 158 Å². The molecule has 28 heavy (non-hydrogen) atoms. The molecule has 0 radical (unpaired) electrons. The summed E-state index contributed by atoms with van der Waals surface area (Å²) in [5.74, 6) is -1.86. The van der Waals surface area contributed by atoms with E-state index in [-0.39, 0.29) is 24.1 Å². The highest BCUT2D eigenvalue weighted by atomic mass is 19.2. The van der Waals surface area contributed by atoms with Gasteiger partial charge in [0, 0.05) is 11.8 Å². The van der Waals surface area contributed by atoms with Crippen LogP contribution in [0.25, 0.3) is 0 Å². The van der Waals surface area contributed by atoms with Crippen LogP contribution in [0.2, 0.25) is 0 Å². The van der Waals surface area contributed by atoms with E-state index >= 15 is 0 Å². The summed E-state index contributed by atoms with van der Waals surface area (Å²) in [6.45, 7) is 0.539. The fourth-order valence-corrected chi connectivity index (χ4v) is 2.97. The Balaban J connectivity index is 1.49. The summed E-state index contributed by atoms with van der Waals surface area (Å²) in [6.07, 6.45) is -0.234. The lowest BCUT2D eigenvalue weighted by Crippen LogP contribution is -2.24. The highest BCUT2D eigenvalue weighted by molar-refractivity contribution is 6.03. The van der Waals surface area contributed by atoms with Crippen molar-refractivity contribution in [3.05, 3.63) is 71.1 Å². The molecule has 7 nitrogen and oxygen atoms in total.